The van der Waals surface area contributed by atoms with E-state index in [1.54, 1.807) is 50.2 Å². The molecule has 4 N–H and O–H groups in total. The van der Waals surface area contributed by atoms with Crippen molar-refractivity contribution < 1.29 is 9.59 Å². The Labute approximate surface area is 160 Å². The number of nitrogens with zero attached hydrogens (tertiary/aromatic N) is 4. The lowest BCUT2D eigenvalue weighted by molar-refractivity contribution is 0.0942. The molecule has 28 heavy (non-hydrogen) atoms. The number of aromatic amines is 2. The van der Waals surface area contributed by atoms with E-state index in [0.29, 0.717) is 0 Å². The van der Waals surface area contributed by atoms with Gasteiger partial charge in [-0.15, -0.1) is 0 Å². The molecule has 0 radical (unpaired) electrons. The summed E-state index contributed by atoms with van der Waals surface area (Å²) in [6, 6.07) is 10.5. The number of carbonyl (C=O) groups is 2. The van der Waals surface area contributed by atoms with E-state index in [2.05, 4.69) is 41.4 Å². The molecule has 0 aliphatic rings. The highest BCUT2D eigenvalue weighted by Gasteiger charge is 2.08. The first-order valence-electron chi connectivity index (χ1n) is 8.32. The van der Waals surface area contributed by atoms with Crippen LogP contribution in [-0.2, 0) is 0 Å². The van der Waals surface area contributed by atoms with Gasteiger partial charge in [0.25, 0.3) is 11.8 Å². The van der Waals surface area contributed by atoms with Crippen molar-refractivity contribution in [3.8, 4) is 0 Å². The van der Waals surface area contributed by atoms with Crippen molar-refractivity contribution in [2.75, 3.05) is 0 Å². The fraction of sp³-hybridized carbons (Fsp3) is 0.111. The average Bonchev–Trinajstić information content (AvgIpc) is 3.31. The molecule has 2 amide bonds. The minimum atomic E-state index is -0.396. The molecule has 10 nitrogen and oxygen atoms in total. The second-order valence-electron chi connectivity index (χ2n) is 5.94. The Morgan fingerprint density at radius 3 is 1.54 bits per heavy atom. The molecule has 0 aliphatic carbocycles. The molecule has 0 atom stereocenters. The number of aromatic nitrogens is 4. The fourth-order valence-corrected chi connectivity index (χ4v) is 2.18. The SMILES string of the molecule is Cc1cc(C(=O)NN=Cc2ccc(C=NNC(=O)c3cc(C)[nH]n3)cc2)n[nH]1. The van der Waals surface area contributed by atoms with Crippen LogP contribution in [0.1, 0.15) is 43.5 Å². The molecular weight excluding hydrogens is 360 g/mol. The number of nitrogens with one attached hydrogen (secondary N) is 4. The molecule has 0 saturated carbocycles. The van der Waals surface area contributed by atoms with Gasteiger partial charge in [0.1, 0.15) is 0 Å². The minimum Gasteiger partial charge on any atom is -0.282 e. The zero-order valence-electron chi connectivity index (χ0n) is 15.2. The molecule has 3 rings (SSSR count). The van der Waals surface area contributed by atoms with Gasteiger partial charge in [0.05, 0.1) is 12.4 Å². The van der Waals surface area contributed by atoms with Gasteiger partial charge < -0.3 is 0 Å². The van der Waals surface area contributed by atoms with E-state index in [4.69, 9.17) is 0 Å². The molecular formula is C18H18N8O2. The summed E-state index contributed by atoms with van der Waals surface area (Å²) >= 11 is 0. The van der Waals surface area contributed by atoms with E-state index in [1.807, 2.05) is 0 Å². The van der Waals surface area contributed by atoms with Crippen LogP contribution in [0.4, 0.5) is 0 Å². The molecule has 2 aromatic heterocycles. The Kier molecular flexibility index (Phi) is 5.70. The third-order valence-electron chi connectivity index (χ3n) is 3.57. The van der Waals surface area contributed by atoms with Crippen molar-refractivity contribution in [3.63, 3.8) is 0 Å². The molecule has 2 heterocycles. The lowest BCUT2D eigenvalue weighted by atomic mass is 10.2. The molecule has 0 spiro atoms. The highest BCUT2D eigenvalue weighted by Crippen LogP contribution is 2.01. The maximum Gasteiger partial charge on any atom is 0.291 e. The lowest BCUT2D eigenvalue weighted by Crippen LogP contribution is -2.18. The predicted molar refractivity (Wildman–Crippen MR) is 103 cm³/mol. The van der Waals surface area contributed by atoms with Gasteiger partial charge in [-0.25, -0.2) is 10.9 Å². The van der Waals surface area contributed by atoms with Crippen LogP contribution in [0.3, 0.4) is 0 Å². The molecule has 0 aliphatic heterocycles. The number of amides is 2. The molecule has 0 unspecified atom stereocenters. The maximum absolute atomic E-state index is 11.8. The van der Waals surface area contributed by atoms with Crippen molar-refractivity contribution in [1.29, 1.82) is 0 Å². The van der Waals surface area contributed by atoms with E-state index in [1.165, 1.54) is 12.4 Å². The standard InChI is InChI=1S/C18H18N8O2/c1-11-7-15(23-21-11)17(27)25-19-9-13-3-5-14(6-4-13)10-20-26-18(28)16-8-12(2)22-24-16/h3-10H,1-2H3,(H,21,23)(H,22,24)(H,25,27)(H,26,28). The van der Waals surface area contributed by atoms with E-state index < -0.39 is 11.8 Å². The summed E-state index contributed by atoms with van der Waals surface area (Å²) in [6.07, 6.45) is 3.03. The maximum atomic E-state index is 11.8. The van der Waals surface area contributed by atoms with Gasteiger partial charge in [0.2, 0.25) is 0 Å². The summed E-state index contributed by atoms with van der Waals surface area (Å²) in [5.74, 6) is -0.792. The van der Waals surface area contributed by atoms with Gasteiger partial charge >= 0.3 is 0 Å². The largest absolute Gasteiger partial charge is 0.291 e. The number of rotatable bonds is 6. The Balaban J connectivity index is 1.50. The van der Waals surface area contributed by atoms with E-state index in [-0.39, 0.29) is 11.4 Å². The highest BCUT2D eigenvalue weighted by molar-refractivity contribution is 5.94. The van der Waals surface area contributed by atoms with Crippen molar-refractivity contribution in [2.45, 2.75) is 13.8 Å². The second-order valence-corrected chi connectivity index (χ2v) is 5.94. The van der Waals surface area contributed by atoms with Gasteiger partial charge in [-0.05, 0) is 37.1 Å². The van der Waals surface area contributed by atoms with Gasteiger partial charge in [-0.1, -0.05) is 24.3 Å². The highest BCUT2D eigenvalue weighted by atomic mass is 16.2. The van der Waals surface area contributed by atoms with Crippen molar-refractivity contribution >= 4 is 24.2 Å². The fourth-order valence-electron chi connectivity index (χ4n) is 2.18. The average molecular weight is 378 g/mol. The summed E-state index contributed by atoms with van der Waals surface area (Å²) in [6.45, 7) is 3.61. The topological polar surface area (TPSA) is 140 Å². The molecule has 0 fully saturated rings. The molecule has 0 bridgehead atoms. The summed E-state index contributed by atoms with van der Waals surface area (Å²) in [4.78, 5) is 23.6. The molecule has 10 heteroatoms. The minimum absolute atomic E-state index is 0.272. The van der Waals surface area contributed by atoms with E-state index in [9.17, 15) is 9.59 Å². The Morgan fingerprint density at radius 2 is 1.21 bits per heavy atom. The number of aryl methyl sites for hydroxylation is 2. The first kappa shape index (κ1) is 18.7. The van der Waals surface area contributed by atoms with Gasteiger partial charge in [0.15, 0.2) is 11.4 Å². The molecule has 1 aromatic carbocycles. The Morgan fingerprint density at radius 1 is 0.821 bits per heavy atom. The number of hydrogen-bond acceptors (Lipinski definition) is 6. The third-order valence-corrected chi connectivity index (χ3v) is 3.57. The first-order valence-corrected chi connectivity index (χ1v) is 8.32. The Bertz CT molecular complexity index is 947. The number of hydrogen-bond donors (Lipinski definition) is 4. The quantitative estimate of drug-likeness (QED) is 0.379. The van der Waals surface area contributed by atoms with Crippen LogP contribution in [0.15, 0.2) is 46.6 Å². The van der Waals surface area contributed by atoms with Crippen LogP contribution in [0, 0.1) is 13.8 Å². The first-order chi connectivity index (χ1) is 13.5. The lowest BCUT2D eigenvalue weighted by Gasteiger charge is -1.97. The van der Waals surface area contributed by atoms with Gasteiger partial charge in [-0.2, -0.15) is 20.4 Å². The van der Waals surface area contributed by atoms with Gasteiger partial charge in [-0.3, -0.25) is 19.8 Å². The molecule has 0 saturated heterocycles. The summed E-state index contributed by atoms with van der Waals surface area (Å²) in [5, 5.41) is 20.9. The van der Waals surface area contributed by atoms with Crippen molar-refractivity contribution in [3.05, 3.63) is 70.3 Å². The van der Waals surface area contributed by atoms with Crippen LogP contribution in [0.5, 0.6) is 0 Å². The normalized spacial score (nSPS) is 11.2. The van der Waals surface area contributed by atoms with Crippen LogP contribution >= 0.6 is 0 Å². The summed E-state index contributed by atoms with van der Waals surface area (Å²) < 4.78 is 0. The number of H-pyrrole nitrogens is 2. The number of benzene rings is 1. The van der Waals surface area contributed by atoms with Crippen LogP contribution in [-0.4, -0.2) is 44.6 Å². The third kappa shape index (κ3) is 4.97. The second kappa shape index (κ2) is 8.54. The van der Waals surface area contributed by atoms with Crippen LogP contribution in [0.2, 0.25) is 0 Å². The summed E-state index contributed by atoms with van der Waals surface area (Å²) in [7, 11) is 0. The molecule has 3 aromatic rings. The van der Waals surface area contributed by atoms with Crippen LogP contribution in [0.25, 0.3) is 0 Å². The van der Waals surface area contributed by atoms with E-state index >= 15 is 0 Å². The predicted octanol–water partition coefficient (Wildman–Crippen LogP) is 1.28. The monoisotopic (exact) mass is 378 g/mol. The zero-order chi connectivity index (χ0) is 19.9. The molecule has 142 valence electrons. The van der Waals surface area contributed by atoms with Crippen molar-refractivity contribution in [2.24, 2.45) is 10.2 Å². The number of carbonyl (C=O) groups excluding carboxylic acids is 2. The van der Waals surface area contributed by atoms with Crippen molar-refractivity contribution in [1.82, 2.24) is 31.2 Å². The summed E-state index contributed by atoms with van der Waals surface area (Å²) in [5.41, 5.74) is 8.51. The van der Waals surface area contributed by atoms with E-state index in [0.717, 1.165) is 22.5 Å². The van der Waals surface area contributed by atoms with Gasteiger partial charge in [0, 0.05) is 11.4 Å². The number of hydrazone groups is 2. The van der Waals surface area contributed by atoms with Crippen LogP contribution < -0.4 is 10.9 Å². The zero-order valence-corrected chi connectivity index (χ0v) is 15.2. The smallest absolute Gasteiger partial charge is 0.282 e. The Hall–Kier alpha value is -4.08.